The van der Waals surface area contributed by atoms with Crippen LogP contribution in [0.4, 0.5) is 16.2 Å². The first-order valence-electron chi connectivity index (χ1n) is 9.90. The molecular formula is C20H28N4O6. The molecule has 2 fully saturated rings. The SMILES string of the molecule is CNc1c(OC)cc(C(=O)N2C[C@H]3CC[C@@H]2[C@@H]3NC(=O)OC(C)(C)C)cc1[N+](=O)[O-]. The molecule has 2 aliphatic rings. The number of hydrogen-bond acceptors (Lipinski definition) is 7. The van der Waals surface area contributed by atoms with Crippen LogP contribution >= 0.6 is 0 Å². The van der Waals surface area contributed by atoms with E-state index in [-0.39, 0.29) is 46.6 Å². The molecule has 3 rings (SSSR count). The number of piperidine rings is 1. The highest BCUT2D eigenvalue weighted by Gasteiger charge is 2.50. The molecule has 1 aliphatic carbocycles. The fourth-order valence-electron chi connectivity index (χ4n) is 4.34. The van der Waals surface area contributed by atoms with Crippen LogP contribution in [0.5, 0.6) is 5.75 Å². The molecule has 1 aromatic rings. The van der Waals surface area contributed by atoms with Gasteiger partial charge in [0.05, 0.1) is 29.7 Å². The van der Waals surface area contributed by atoms with Gasteiger partial charge in [0.1, 0.15) is 11.4 Å². The Kier molecular flexibility index (Phi) is 5.78. The number of nitro benzene ring substituents is 1. The number of alkyl carbamates (subject to hydrolysis) is 1. The highest BCUT2D eigenvalue weighted by Crippen LogP contribution is 2.41. The van der Waals surface area contributed by atoms with Gasteiger partial charge >= 0.3 is 6.09 Å². The number of likely N-dealkylation sites (tertiary alicyclic amines) is 1. The zero-order chi connectivity index (χ0) is 22.2. The predicted octanol–water partition coefficient (Wildman–Crippen LogP) is 2.77. The van der Waals surface area contributed by atoms with E-state index < -0.39 is 16.6 Å². The number of rotatable bonds is 5. The van der Waals surface area contributed by atoms with E-state index in [1.807, 2.05) is 0 Å². The lowest BCUT2D eigenvalue weighted by Crippen LogP contribution is -2.46. The van der Waals surface area contributed by atoms with Gasteiger partial charge in [-0.2, -0.15) is 0 Å². The minimum absolute atomic E-state index is 0.125. The molecule has 0 aromatic heterocycles. The first kappa shape index (κ1) is 21.7. The van der Waals surface area contributed by atoms with Gasteiger partial charge in [-0.25, -0.2) is 4.79 Å². The van der Waals surface area contributed by atoms with Gasteiger partial charge in [0.25, 0.3) is 11.6 Å². The van der Waals surface area contributed by atoms with E-state index in [0.717, 1.165) is 12.8 Å². The summed E-state index contributed by atoms with van der Waals surface area (Å²) in [7, 11) is 2.95. The van der Waals surface area contributed by atoms with Crippen molar-refractivity contribution in [2.24, 2.45) is 5.92 Å². The van der Waals surface area contributed by atoms with E-state index in [0.29, 0.717) is 6.54 Å². The third-order valence-corrected chi connectivity index (χ3v) is 5.53. The lowest BCUT2D eigenvalue weighted by Gasteiger charge is -2.28. The van der Waals surface area contributed by atoms with Crippen molar-refractivity contribution < 1.29 is 24.0 Å². The number of nitrogens with one attached hydrogen (secondary N) is 2. The van der Waals surface area contributed by atoms with Crippen LogP contribution in [0.25, 0.3) is 0 Å². The maximum Gasteiger partial charge on any atom is 0.407 e. The average Bonchev–Trinajstić information content (AvgIpc) is 3.21. The van der Waals surface area contributed by atoms with Crippen LogP contribution in [0.1, 0.15) is 44.0 Å². The Hall–Kier alpha value is -3.04. The van der Waals surface area contributed by atoms with Gasteiger partial charge in [-0.3, -0.25) is 14.9 Å². The van der Waals surface area contributed by atoms with Gasteiger partial charge in [-0.1, -0.05) is 0 Å². The number of methoxy groups -OCH3 is 1. The van der Waals surface area contributed by atoms with Gasteiger partial charge in [-0.15, -0.1) is 0 Å². The first-order chi connectivity index (χ1) is 14.1. The molecule has 0 radical (unpaired) electrons. The van der Waals surface area contributed by atoms with E-state index in [1.54, 1.807) is 32.7 Å². The van der Waals surface area contributed by atoms with Gasteiger partial charge in [0.15, 0.2) is 5.69 Å². The number of hydrogen-bond donors (Lipinski definition) is 2. The van der Waals surface area contributed by atoms with Gasteiger partial charge in [0.2, 0.25) is 0 Å². The molecule has 1 saturated carbocycles. The Morgan fingerprint density at radius 1 is 1.27 bits per heavy atom. The summed E-state index contributed by atoms with van der Waals surface area (Å²) in [6.07, 6.45) is 1.15. The lowest BCUT2D eigenvalue weighted by atomic mass is 10.1. The molecule has 0 unspecified atom stereocenters. The zero-order valence-corrected chi connectivity index (χ0v) is 17.9. The van der Waals surface area contributed by atoms with E-state index in [9.17, 15) is 19.7 Å². The Morgan fingerprint density at radius 3 is 2.53 bits per heavy atom. The molecule has 1 aromatic carbocycles. The lowest BCUT2D eigenvalue weighted by molar-refractivity contribution is -0.384. The minimum atomic E-state index is -0.609. The van der Waals surface area contributed by atoms with Crippen LogP contribution in [0, 0.1) is 16.0 Å². The molecule has 2 bridgehead atoms. The maximum absolute atomic E-state index is 13.2. The molecule has 30 heavy (non-hydrogen) atoms. The molecule has 2 amide bonds. The Balaban J connectivity index is 1.82. The zero-order valence-electron chi connectivity index (χ0n) is 17.9. The van der Waals surface area contributed by atoms with Crippen LogP contribution in [0.15, 0.2) is 12.1 Å². The predicted molar refractivity (Wildman–Crippen MR) is 110 cm³/mol. The van der Waals surface area contributed by atoms with Crippen LogP contribution in [-0.4, -0.2) is 60.2 Å². The number of anilines is 1. The molecule has 164 valence electrons. The number of benzene rings is 1. The van der Waals surface area contributed by atoms with Crippen molar-refractivity contribution in [2.45, 2.75) is 51.3 Å². The second kappa shape index (κ2) is 8.00. The highest BCUT2D eigenvalue weighted by molar-refractivity contribution is 5.97. The van der Waals surface area contributed by atoms with Crippen molar-refractivity contribution in [1.82, 2.24) is 10.2 Å². The van der Waals surface area contributed by atoms with E-state index in [1.165, 1.54) is 19.2 Å². The number of fused-ring (bicyclic) bond motifs is 2. The van der Waals surface area contributed by atoms with E-state index in [2.05, 4.69) is 10.6 Å². The van der Waals surface area contributed by atoms with Gasteiger partial charge in [-0.05, 0) is 45.6 Å². The molecule has 2 N–H and O–H groups in total. The molecule has 0 spiro atoms. The van der Waals surface area contributed by atoms with Crippen LogP contribution in [0.2, 0.25) is 0 Å². The Morgan fingerprint density at radius 2 is 1.97 bits per heavy atom. The maximum atomic E-state index is 13.2. The molecule has 10 nitrogen and oxygen atoms in total. The van der Waals surface area contributed by atoms with Crippen molar-refractivity contribution in [2.75, 3.05) is 26.0 Å². The number of ether oxygens (including phenoxy) is 2. The first-order valence-corrected chi connectivity index (χ1v) is 9.90. The van der Waals surface area contributed by atoms with Crippen molar-refractivity contribution in [3.8, 4) is 5.75 Å². The summed E-state index contributed by atoms with van der Waals surface area (Å²) in [6.45, 7) is 5.86. The van der Waals surface area contributed by atoms with Crippen molar-refractivity contribution in [3.63, 3.8) is 0 Å². The monoisotopic (exact) mass is 420 g/mol. The quantitative estimate of drug-likeness (QED) is 0.554. The van der Waals surface area contributed by atoms with Gasteiger partial charge in [0, 0.05) is 19.7 Å². The fourth-order valence-corrected chi connectivity index (χ4v) is 4.34. The number of amides is 2. The van der Waals surface area contributed by atoms with E-state index >= 15 is 0 Å². The second-order valence-electron chi connectivity index (χ2n) is 8.61. The largest absolute Gasteiger partial charge is 0.494 e. The second-order valence-corrected chi connectivity index (χ2v) is 8.61. The topological polar surface area (TPSA) is 123 Å². The normalized spacial score (nSPS) is 22.6. The molecular weight excluding hydrogens is 392 g/mol. The van der Waals surface area contributed by atoms with Crippen LogP contribution in [0.3, 0.4) is 0 Å². The Labute approximate surface area is 175 Å². The number of carbonyl (C=O) groups excluding carboxylic acids is 2. The summed E-state index contributed by atoms with van der Waals surface area (Å²) in [5.41, 5.74) is -0.442. The highest BCUT2D eigenvalue weighted by atomic mass is 16.6. The van der Waals surface area contributed by atoms with Crippen molar-refractivity contribution >= 4 is 23.4 Å². The summed E-state index contributed by atoms with van der Waals surface area (Å²) in [5, 5.41) is 17.1. The summed E-state index contributed by atoms with van der Waals surface area (Å²) in [5.74, 6) is 0.0324. The van der Waals surface area contributed by atoms with Crippen LogP contribution in [-0.2, 0) is 4.74 Å². The summed E-state index contributed by atoms with van der Waals surface area (Å²) < 4.78 is 10.6. The minimum Gasteiger partial charge on any atom is -0.494 e. The van der Waals surface area contributed by atoms with Crippen molar-refractivity contribution in [1.29, 1.82) is 0 Å². The van der Waals surface area contributed by atoms with Gasteiger partial charge < -0.3 is 25.0 Å². The van der Waals surface area contributed by atoms with Crippen LogP contribution < -0.4 is 15.4 Å². The van der Waals surface area contributed by atoms with E-state index in [4.69, 9.17) is 9.47 Å². The summed E-state index contributed by atoms with van der Waals surface area (Å²) >= 11 is 0. The standard InChI is InChI=1S/C20H28N4O6/c1-20(2,3)30-19(26)22-16-11-6-7-13(16)23(10-11)18(25)12-8-14(24(27)28)17(21-4)15(9-12)29-5/h8-9,11,13,16,21H,6-7,10H2,1-5H3,(H,22,26)/t11-,13-,16-/m1/s1. The molecule has 1 saturated heterocycles. The van der Waals surface area contributed by atoms with Crippen molar-refractivity contribution in [3.05, 3.63) is 27.8 Å². The summed E-state index contributed by atoms with van der Waals surface area (Å²) in [4.78, 5) is 38.1. The number of nitro groups is 1. The third kappa shape index (κ3) is 4.12. The smallest absolute Gasteiger partial charge is 0.407 e. The number of nitrogens with zero attached hydrogens (tertiary/aromatic N) is 2. The third-order valence-electron chi connectivity index (χ3n) is 5.53. The fraction of sp³-hybridized carbons (Fsp3) is 0.600. The molecule has 1 aliphatic heterocycles. The average molecular weight is 420 g/mol. The number of carbonyl (C=O) groups is 2. The molecule has 3 atom stereocenters. The summed E-state index contributed by atoms with van der Waals surface area (Å²) in [6, 6.07) is 2.39. The Bertz CT molecular complexity index is 866. The molecule has 1 heterocycles. The molecule has 10 heteroatoms.